The zero-order chi connectivity index (χ0) is 21.4. The number of rotatable bonds is 4. The monoisotopic (exact) mass is 427 g/mol. The van der Waals surface area contributed by atoms with Gasteiger partial charge in [0.15, 0.2) is 5.82 Å². The van der Waals surface area contributed by atoms with Crippen molar-refractivity contribution in [2.75, 3.05) is 0 Å². The Bertz CT molecular complexity index is 1210. The Labute approximate surface area is 176 Å². The van der Waals surface area contributed by atoms with Crippen molar-refractivity contribution in [1.29, 1.82) is 0 Å². The van der Waals surface area contributed by atoms with Crippen molar-refractivity contribution < 1.29 is 22.4 Å². The number of ether oxygens (including phenoxy) is 1. The summed E-state index contributed by atoms with van der Waals surface area (Å²) in [5, 5.41) is 4.24. The zero-order valence-electron chi connectivity index (χ0n) is 16.6. The number of H-pyrrole nitrogens is 1. The number of alkyl halides is 3. The minimum atomic E-state index is -4.76. The van der Waals surface area contributed by atoms with Crippen molar-refractivity contribution in [2.24, 2.45) is 0 Å². The number of hydrogen-bond donors (Lipinski definition) is 1. The molecule has 0 atom stereocenters. The molecule has 5 rings (SSSR count). The van der Waals surface area contributed by atoms with Crippen LogP contribution in [0.5, 0.6) is 5.75 Å². The standard InChI is InChI=1S/C23H20F3N3O2/c24-23(25,26)30-20-9-5-4-8-16(20)15-10-11-17-19(12-15)28-22(27-17)21-13-18(29-31-21)14-6-2-1-3-7-14/h4-5,8-14H,1-3,6-7H2,(H,27,28). The zero-order valence-corrected chi connectivity index (χ0v) is 16.6. The summed E-state index contributed by atoms with van der Waals surface area (Å²) in [4.78, 5) is 7.76. The number of fused-ring (bicyclic) bond motifs is 1. The van der Waals surface area contributed by atoms with E-state index >= 15 is 0 Å². The molecule has 2 aromatic carbocycles. The molecular weight excluding hydrogens is 407 g/mol. The van der Waals surface area contributed by atoms with Crippen LogP contribution in [0.4, 0.5) is 13.2 Å². The van der Waals surface area contributed by atoms with Crippen LogP contribution in [0.3, 0.4) is 0 Å². The highest BCUT2D eigenvalue weighted by molar-refractivity contribution is 5.85. The normalized spacial score (nSPS) is 15.5. The minimum Gasteiger partial charge on any atom is -0.405 e. The first-order chi connectivity index (χ1) is 15.0. The number of hydrogen-bond acceptors (Lipinski definition) is 4. The van der Waals surface area contributed by atoms with Gasteiger partial charge in [-0.15, -0.1) is 13.2 Å². The summed E-state index contributed by atoms with van der Waals surface area (Å²) in [6.07, 6.45) is 1.16. The summed E-state index contributed by atoms with van der Waals surface area (Å²) in [6.45, 7) is 0. The smallest absolute Gasteiger partial charge is 0.405 e. The summed E-state index contributed by atoms with van der Waals surface area (Å²) in [5.74, 6) is 1.27. The van der Waals surface area contributed by atoms with Gasteiger partial charge < -0.3 is 14.2 Å². The first-order valence-corrected chi connectivity index (χ1v) is 10.3. The number of benzene rings is 2. The lowest BCUT2D eigenvalue weighted by atomic mass is 9.87. The quantitative estimate of drug-likeness (QED) is 0.388. The third kappa shape index (κ3) is 4.15. The van der Waals surface area contributed by atoms with Gasteiger partial charge in [0, 0.05) is 17.5 Å². The van der Waals surface area contributed by atoms with Crippen LogP contribution in [0.1, 0.15) is 43.7 Å². The molecule has 0 saturated heterocycles. The van der Waals surface area contributed by atoms with Gasteiger partial charge >= 0.3 is 6.36 Å². The predicted molar refractivity (Wildman–Crippen MR) is 110 cm³/mol. The van der Waals surface area contributed by atoms with Gasteiger partial charge in [0.2, 0.25) is 5.76 Å². The van der Waals surface area contributed by atoms with Crippen LogP contribution in [0.15, 0.2) is 53.1 Å². The SMILES string of the molecule is FC(F)(F)Oc1ccccc1-c1ccc2nc(-c3cc(C4CCCCC4)no3)[nH]c2c1. The van der Waals surface area contributed by atoms with Crippen molar-refractivity contribution in [2.45, 2.75) is 44.4 Å². The summed E-state index contributed by atoms with van der Waals surface area (Å²) in [6, 6.07) is 13.2. The molecule has 2 aromatic heterocycles. The molecule has 1 fully saturated rings. The third-order valence-electron chi connectivity index (χ3n) is 5.69. The molecule has 2 heterocycles. The molecule has 1 N–H and O–H groups in total. The second kappa shape index (κ2) is 7.76. The summed E-state index contributed by atoms with van der Waals surface area (Å²) < 4.78 is 48.0. The van der Waals surface area contributed by atoms with E-state index in [1.807, 2.05) is 6.07 Å². The van der Waals surface area contributed by atoms with Crippen LogP contribution in [-0.4, -0.2) is 21.5 Å². The summed E-state index contributed by atoms with van der Waals surface area (Å²) in [7, 11) is 0. The van der Waals surface area contributed by atoms with E-state index < -0.39 is 6.36 Å². The molecule has 8 heteroatoms. The molecule has 1 aliphatic rings. The van der Waals surface area contributed by atoms with E-state index in [9.17, 15) is 13.2 Å². The lowest BCUT2D eigenvalue weighted by Gasteiger charge is -2.18. The Morgan fingerprint density at radius 1 is 1.00 bits per heavy atom. The number of nitrogens with zero attached hydrogens (tertiary/aromatic N) is 2. The van der Waals surface area contributed by atoms with Crippen LogP contribution in [0.25, 0.3) is 33.7 Å². The molecular formula is C23H20F3N3O2. The Hall–Kier alpha value is -3.29. The predicted octanol–water partition coefficient (Wildman–Crippen LogP) is 6.83. The van der Waals surface area contributed by atoms with Gasteiger partial charge in [-0.3, -0.25) is 0 Å². The van der Waals surface area contributed by atoms with Crippen molar-refractivity contribution in [3.63, 3.8) is 0 Å². The lowest BCUT2D eigenvalue weighted by molar-refractivity contribution is -0.274. The van der Waals surface area contributed by atoms with Gasteiger partial charge in [-0.05, 0) is 36.6 Å². The number of imidazole rings is 1. The first-order valence-electron chi connectivity index (χ1n) is 10.3. The molecule has 4 aromatic rings. The van der Waals surface area contributed by atoms with Crippen LogP contribution < -0.4 is 4.74 Å². The van der Waals surface area contributed by atoms with Crippen LogP contribution in [0.2, 0.25) is 0 Å². The molecule has 1 saturated carbocycles. The summed E-state index contributed by atoms with van der Waals surface area (Å²) >= 11 is 0. The van der Waals surface area contributed by atoms with Crippen molar-refractivity contribution >= 4 is 11.0 Å². The first kappa shape index (κ1) is 19.7. The average Bonchev–Trinajstić information content (AvgIpc) is 3.40. The molecule has 5 nitrogen and oxygen atoms in total. The molecule has 0 unspecified atom stereocenters. The molecule has 31 heavy (non-hydrogen) atoms. The van der Waals surface area contributed by atoms with E-state index in [1.165, 1.54) is 31.4 Å². The van der Waals surface area contributed by atoms with Crippen molar-refractivity contribution in [1.82, 2.24) is 15.1 Å². The molecule has 0 amide bonds. The van der Waals surface area contributed by atoms with E-state index in [-0.39, 0.29) is 5.75 Å². The van der Waals surface area contributed by atoms with E-state index in [0.717, 1.165) is 18.5 Å². The second-order valence-electron chi connectivity index (χ2n) is 7.81. The van der Waals surface area contributed by atoms with E-state index in [0.29, 0.717) is 39.7 Å². The third-order valence-corrected chi connectivity index (χ3v) is 5.69. The number of aromatic amines is 1. The fraction of sp³-hybridized carbons (Fsp3) is 0.304. The number of nitrogens with one attached hydrogen (secondary N) is 1. The maximum atomic E-state index is 12.8. The Kier molecular flexibility index (Phi) is 4.92. The Morgan fingerprint density at radius 2 is 1.81 bits per heavy atom. The van der Waals surface area contributed by atoms with E-state index in [4.69, 9.17) is 4.52 Å². The molecule has 0 aliphatic heterocycles. The van der Waals surface area contributed by atoms with E-state index in [2.05, 4.69) is 19.9 Å². The number of halogens is 3. The van der Waals surface area contributed by atoms with Gasteiger partial charge in [-0.25, -0.2) is 4.98 Å². The Morgan fingerprint density at radius 3 is 2.61 bits per heavy atom. The highest BCUT2D eigenvalue weighted by Gasteiger charge is 2.32. The molecule has 0 spiro atoms. The number of para-hydroxylation sites is 1. The van der Waals surface area contributed by atoms with Gasteiger partial charge in [-0.2, -0.15) is 0 Å². The fourth-order valence-corrected chi connectivity index (χ4v) is 4.20. The highest BCUT2D eigenvalue weighted by atomic mass is 19.4. The fourth-order valence-electron chi connectivity index (χ4n) is 4.20. The highest BCUT2D eigenvalue weighted by Crippen LogP contribution is 2.36. The van der Waals surface area contributed by atoms with Crippen molar-refractivity contribution in [3.8, 4) is 28.5 Å². The van der Waals surface area contributed by atoms with Crippen LogP contribution in [-0.2, 0) is 0 Å². The summed E-state index contributed by atoms with van der Waals surface area (Å²) in [5.41, 5.74) is 3.25. The van der Waals surface area contributed by atoms with Gasteiger partial charge in [0.1, 0.15) is 5.75 Å². The van der Waals surface area contributed by atoms with Gasteiger partial charge in [0.25, 0.3) is 0 Å². The molecule has 1 aliphatic carbocycles. The van der Waals surface area contributed by atoms with Crippen LogP contribution in [0, 0.1) is 0 Å². The minimum absolute atomic E-state index is 0.249. The van der Waals surface area contributed by atoms with Gasteiger partial charge in [0.05, 0.1) is 16.7 Å². The molecule has 0 radical (unpaired) electrons. The lowest BCUT2D eigenvalue weighted by Crippen LogP contribution is -2.17. The van der Waals surface area contributed by atoms with Crippen LogP contribution >= 0.6 is 0 Å². The topological polar surface area (TPSA) is 63.9 Å². The number of aromatic nitrogens is 3. The molecule has 0 bridgehead atoms. The Balaban J connectivity index is 1.46. The largest absolute Gasteiger partial charge is 0.573 e. The molecule has 160 valence electrons. The average molecular weight is 427 g/mol. The van der Waals surface area contributed by atoms with Crippen molar-refractivity contribution in [3.05, 3.63) is 54.2 Å². The maximum absolute atomic E-state index is 12.8. The maximum Gasteiger partial charge on any atom is 0.573 e. The van der Waals surface area contributed by atoms with Gasteiger partial charge in [-0.1, -0.05) is 48.7 Å². The van der Waals surface area contributed by atoms with E-state index in [1.54, 1.807) is 30.3 Å². The second-order valence-corrected chi connectivity index (χ2v) is 7.81.